The lowest BCUT2D eigenvalue weighted by Gasteiger charge is -2.17. The van der Waals surface area contributed by atoms with E-state index in [0.29, 0.717) is 0 Å². The Morgan fingerprint density at radius 2 is 2.00 bits per heavy atom. The monoisotopic (exact) mass is 332 g/mol. The summed E-state index contributed by atoms with van der Waals surface area (Å²) in [6, 6.07) is 6.09. The van der Waals surface area contributed by atoms with Gasteiger partial charge in [0.15, 0.2) is 0 Å². The van der Waals surface area contributed by atoms with Crippen LogP contribution < -0.4 is 5.32 Å². The number of rotatable bonds is 8. The van der Waals surface area contributed by atoms with Gasteiger partial charge in [0.05, 0.1) is 5.02 Å². The molecule has 1 aromatic carbocycles. The molecule has 0 aliphatic rings. The van der Waals surface area contributed by atoms with Crippen LogP contribution >= 0.6 is 27.5 Å². The highest BCUT2D eigenvalue weighted by molar-refractivity contribution is 9.10. The van der Waals surface area contributed by atoms with Gasteiger partial charge in [0.1, 0.15) is 0 Å². The Morgan fingerprint density at radius 1 is 1.28 bits per heavy atom. The molecular formula is C14H22BrClN2. The van der Waals surface area contributed by atoms with Crippen molar-refractivity contribution in [3.63, 3.8) is 0 Å². The van der Waals surface area contributed by atoms with Gasteiger partial charge in [-0.05, 0) is 66.2 Å². The van der Waals surface area contributed by atoms with E-state index in [0.717, 1.165) is 35.7 Å². The first-order valence-corrected chi connectivity index (χ1v) is 7.71. The van der Waals surface area contributed by atoms with Crippen molar-refractivity contribution in [2.45, 2.75) is 26.8 Å². The highest BCUT2D eigenvalue weighted by Gasteiger charge is 2.00. The third kappa shape index (κ3) is 5.70. The van der Waals surface area contributed by atoms with Gasteiger partial charge in [-0.2, -0.15) is 0 Å². The van der Waals surface area contributed by atoms with Gasteiger partial charge in [0.25, 0.3) is 0 Å². The Hall–Kier alpha value is -0.0900. The maximum Gasteiger partial charge on any atom is 0.0551 e. The third-order valence-corrected chi connectivity index (χ3v) is 4.27. The number of benzene rings is 1. The lowest BCUT2D eigenvalue weighted by atomic mass is 10.2. The molecule has 2 nitrogen and oxygen atoms in total. The lowest BCUT2D eigenvalue weighted by Crippen LogP contribution is -2.27. The zero-order valence-electron chi connectivity index (χ0n) is 11.2. The summed E-state index contributed by atoms with van der Waals surface area (Å²) in [4.78, 5) is 2.44. The highest BCUT2D eigenvalue weighted by atomic mass is 79.9. The van der Waals surface area contributed by atoms with Crippen molar-refractivity contribution >= 4 is 27.5 Å². The summed E-state index contributed by atoms with van der Waals surface area (Å²) in [5.41, 5.74) is 1.23. The summed E-state index contributed by atoms with van der Waals surface area (Å²) in [6.07, 6.45) is 1.19. The first kappa shape index (κ1) is 16.0. The number of halogens is 2. The summed E-state index contributed by atoms with van der Waals surface area (Å²) < 4.78 is 0.953. The molecule has 0 atom stereocenters. The van der Waals surface area contributed by atoms with Gasteiger partial charge < -0.3 is 10.2 Å². The van der Waals surface area contributed by atoms with Gasteiger partial charge in [-0.1, -0.05) is 31.5 Å². The summed E-state index contributed by atoms with van der Waals surface area (Å²) >= 11 is 9.45. The van der Waals surface area contributed by atoms with E-state index in [4.69, 9.17) is 11.6 Å². The van der Waals surface area contributed by atoms with E-state index in [2.05, 4.69) is 46.1 Å². The Balaban J connectivity index is 2.19. The van der Waals surface area contributed by atoms with Crippen LogP contribution in [0.15, 0.2) is 22.7 Å². The van der Waals surface area contributed by atoms with Gasteiger partial charge in [-0.3, -0.25) is 0 Å². The summed E-state index contributed by atoms with van der Waals surface area (Å²) in [7, 11) is 0. The normalized spacial score (nSPS) is 11.2. The molecule has 0 spiro atoms. The third-order valence-electron chi connectivity index (χ3n) is 3.04. The minimum absolute atomic E-state index is 0.775. The molecule has 0 unspecified atom stereocenters. The highest BCUT2D eigenvalue weighted by Crippen LogP contribution is 2.22. The molecule has 1 N–H and O–H groups in total. The molecule has 0 aromatic heterocycles. The SMILES string of the molecule is CCN(CC)CCCNCc1ccc(Br)c(Cl)c1. The molecule has 0 aliphatic carbocycles. The van der Waals surface area contributed by atoms with E-state index in [-0.39, 0.29) is 0 Å². The minimum atomic E-state index is 0.775. The van der Waals surface area contributed by atoms with Crippen LogP contribution in [-0.4, -0.2) is 31.1 Å². The molecule has 4 heteroatoms. The fourth-order valence-electron chi connectivity index (χ4n) is 1.85. The largest absolute Gasteiger partial charge is 0.313 e. The molecule has 1 aromatic rings. The van der Waals surface area contributed by atoms with E-state index in [1.165, 1.54) is 18.5 Å². The van der Waals surface area contributed by atoms with Crippen molar-refractivity contribution in [1.29, 1.82) is 0 Å². The van der Waals surface area contributed by atoms with Crippen LogP contribution in [0.1, 0.15) is 25.8 Å². The Kier molecular flexibility index (Phi) is 7.91. The Morgan fingerprint density at radius 3 is 2.61 bits per heavy atom. The van der Waals surface area contributed by atoms with Crippen molar-refractivity contribution in [2.75, 3.05) is 26.2 Å². The van der Waals surface area contributed by atoms with Crippen LogP contribution in [0, 0.1) is 0 Å². The topological polar surface area (TPSA) is 15.3 Å². The average Bonchev–Trinajstić information content (AvgIpc) is 2.38. The van der Waals surface area contributed by atoms with Crippen LogP contribution in [-0.2, 0) is 6.54 Å². The summed E-state index contributed by atoms with van der Waals surface area (Å²) in [5, 5.41) is 4.23. The van der Waals surface area contributed by atoms with Gasteiger partial charge in [0.2, 0.25) is 0 Å². The van der Waals surface area contributed by atoms with Crippen LogP contribution in [0.3, 0.4) is 0 Å². The van der Waals surface area contributed by atoms with E-state index < -0.39 is 0 Å². The zero-order valence-corrected chi connectivity index (χ0v) is 13.5. The molecule has 0 aliphatic heterocycles. The minimum Gasteiger partial charge on any atom is -0.313 e. The molecule has 102 valence electrons. The van der Waals surface area contributed by atoms with E-state index in [1.54, 1.807) is 0 Å². The van der Waals surface area contributed by atoms with Crippen LogP contribution in [0.25, 0.3) is 0 Å². The zero-order chi connectivity index (χ0) is 13.4. The molecular weight excluding hydrogens is 312 g/mol. The fourth-order valence-corrected chi connectivity index (χ4v) is 2.30. The molecule has 0 amide bonds. The molecule has 0 radical (unpaired) electrons. The molecule has 1 rings (SSSR count). The molecule has 0 saturated heterocycles. The van der Waals surface area contributed by atoms with E-state index in [9.17, 15) is 0 Å². The number of hydrogen-bond acceptors (Lipinski definition) is 2. The quantitative estimate of drug-likeness (QED) is 0.725. The summed E-state index contributed by atoms with van der Waals surface area (Å²) in [6.45, 7) is 9.79. The number of nitrogens with one attached hydrogen (secondary N) is 1. The molecule has 0 saturated carbocycles. The smallest absolute Gasteiger partial charge is 0.0551 e. The van der Waals surface area contributed by atoms with Crippen molar-refractivity contribution in [3.8, 4) is 0 Å². The number of nitrogens with zero attached hydrogens (tertiary/aromatic N) is 1. The maximum atomic E-state index is 6.05. The molecule has 0 bridgehead atoms. The molecule has 0 heterocycles. The van der Waals surface area contributed by atoms with E-state index >= 15 is 0 Å². The fraction of sp³-hybridized carbons (Fsp3) is 0.571. The maximum absolute atomic E-state index is 6.05. The van der Waals surface area contributed by atoms with Crippen molar-refractivity contribution < 1.29 is 0 Å². The van der Waals surface area contributed by atoms with Gasteiger partial charge in [0, 0.05) is 11.0 Å². The van der Waals surface area contributed by atoms with Gasteiger partial charge in [-0.25, -0.2) is 0 Å². The lowest BCUT2D eigenvalue weighted by molar-refractivity contribution is 0.298. The molecule has 18 heavy (non-hydrogen) atoms. The second-order valence-corrected chi connectivity index (χ2v) is 5.57. The Labute approximate surface area is 124 Å². The van der Waals surface area contributed by atoms with Crippen molar-refractivity contribution in [3.05, 3.63) is 33.3 Å². The average molecular weight is 334 g/mol. The van der Waals surface area contributed by atoms with E-state index in [1.807, 2.05) is 12.1 Å². The molecule has 0 fully saturated rings. The van der Waals surface area contributed by atoms with Crippen molar-refractivity contribution in [1.82, 2.24) is 10.2 Å². The van der Waals surface area contributed by atoms with Crippen LogP contribution in [0.4, 0.5) is 0 Å². The predicted molar refractivity (Wildman–Crippen MR) is 83.3 cm³/mol. The summed E-state index contributed by atoms with van der Waals surface area (Å²) in [5.74, 6) is 0. The first-order valence-electron chi connectivity index (χ1n) is 6.54. The second kappa shape index (κ2) is 8.92. The second-order valence-electron chi connectivity index (χ2n) is 4.31. The van der Waals surface area contributed by atoms with Gasteiger partial charge >= 0.3 is 0 Å². The Bertz CT molecular complexity index is 354. The first-order chi connectivity index (χ1) is 8.67. The standard InChI is InChI=1S/C14H22BrClN2/c1-3-18(4-2)9-5-8-17-11-12-6-7-13(15)14(16)10-12/h6-7,10,17H,3-5,8-9,11H2,1-2H3. The number of hydrogen-bond donors (Lipinski definition) is 1. The van der Waals surface area contributed by atoms with Crippen LogP contribution in [0.2, 0.25) is 5.02 Å². The van der Waals surface area contributed by atoms with Crippen molar-refractivity contribution in [2.24, 2.45) is 0 Å². The van der Waals surface area contributed by atoms with Crippen LogP contribution in [0.5, 0.6) is 0 Å². The predicted octanol–water partition coefficient (Wildman–Crippen LogP) is 3.92. The van der Waals surface area contributed by atoms with Gasteiger partial charge in [-0.15, -0.1) is 0 Å².